The van der Waals surface area contributed by atoms with Crippen LogP contribution >= 0.6 is 11.3 Å². The van der Waals surface area contributed by atoms with E-state index in [1.54, 1.807) is 17.8 Å². The van der Waals surface area contributed by atoms with E-state index in [1.807, 2.05) is 27.0 Å². The van der Waals surface area contributed by atoms with E-state index in [-0.39, 0.29) is 6.54 Å². The first-order chi connectivity index (χ1) is 9.94. The number of rotatable bonds is 6. The third-order valence-electron chi connectivity index (χ3n) is 3.27. The van der Waals surface area contributed by atoms with Gasteiger partial charge in [-0.3, -0.25) is 4.98 Å². The molecule has 0 aliphatic rings. The van der Waals surface area contributed by atoms with Crippen molar-refractivity contribution in [1.82, 2.24) is 15.0 Å². The maximum atomic E-state index is 12.5. The molecule has 114 valence electrons. The van der Waals surface area contributed by atoms with Crippen LogP contribution in [0.5, 0.6) is 0 Å². The van der Waals surface area contributed by atoms with Gasteiger partial charge in [0.15, 0.2) is 0 Å². The molecule has 0 fully saturated rings. The monoisotopic (exact) mass is 325 g/mol. The molecule has 1 aromatic heterocycles. The SMILES string of the molecule is CNCc1cc(C)c(C)c(S(=O)(=O)NCc2cncs2)c1. The third-order valence-corrected chi connectivity index (χ3v) is 5.58. The van der Waals surface area contributed by atoms with Crippen molar-refractivity contribution in [2.24, 2.45) is 0 Å². The fourth-order valence-corrected chi connectivity index (χ4v) is 4.05. The topological polar surface area (TPSA) is 71.1 Å². The molecule has 2 rings (SSSR count). The summed E-state index contributed by atoms with van der Waals surface area (Å²) in [7, 11) is -1.69. The summed E-state index contributed by atoms with van der Waals surface area (Å²) >= 11 is 1.43. The molecule has 0 unspecified atom stereocenters. The largest absolute Gasteiger partial charge is 0.316 e. The van der Waals surface area contributed by atoms with Crippen molar-refractivity contribution in [3.63, 3.8) is 0 Å². The minimum absolute atomic E-state index is 0.266. The molecule has 21 heavy (non-hydrogen) atoms. The lowest BCUT2D eigenvalue weighted by Gasteiger charge is -2.13. The van der Waals surface area contributed by atoms with Crippen molar-refractivity contribution < 1.29 is 8.42 Å². The van der Waals surface area contributed by atoms with Crippen LogP contribution in [0.1, 0.15) is 21.6 Å². The van der Waals surface area contributed by atoms with Gasteiger partial charge in [0.1, 0.15) is 0 Å². The summed E-state index contributed by atoms with van der Waals surface area (Å²) in [5, 5.41) is 3.04. The van der Waals surface area contributed by atoms with E-state index >= 15 is 0 Å². The number of thiazole rings is 1. The quantitative estimate of drug-likeness (QED) is 0.852. The van der Waals surface area contributed by atoms with Crippen molar-refractivity contribution >= 4 is 21.4 Å². The number of aromatic nitrogens is 1. The van der Waals surface area contributed by atoms with Gasteiger partial charge in [0.25, 0.3) is 0 Å². The van der Waals surface area contributed by atoms with E-state index in [4.69, 9.17) is 0 Å². The average molecular weight is 325 g/mol. The number of nitrogens with one attached hydrogen (secondary N) is 2. The Morgan fingerprint density at radius 1 is 1.24 bits per heavy atom. The summed E-state index contributed by atoms with van der Waals surface area (Å²) < 4.78 is 27.7. The average Bonchev–Trinajstić information content (AvgIpc) is 2.94. The van der Waals surface area contributed by atoms with Crippen LogP contribution < -0.4 is 10.0 Å². The molecular weight excluding hydrogens is 306 g/mol. The number of nitrogens with zero attached hydrogens (tertiary/aromatic N) is 1. The number of benzene rings is 1. The molecule has 0 atom stereocenters. The summed E-state index contributed by atoms with van der Waals surface area (Å²) in [5.41, 5.74) is 4.40. The molecular formula is C14H19N3O2S2. The first-order valence-electron chi connectivity index (χ1n) is 6.56. The van der Waals surface area contributed by atoms with Crippen LogP contribution in [0.15, 0.2) is 28.7 Å². The van der Waals surface area contributed by atoms with Gasteiger partial charge >= 0.3 is 0 Å². The second-order valence-electron chi connectivity index (χ2n) is 4.86. The van der Waals surface area contributed by atoms with Crippen LogP contribution in [0.3, 0.4) is 0 Å². The van der Waals surface area contributed by atoms with E-state index in [1.165, 1.54) is 11.3 Å². The maximum absolute atomic E-state index is 12.5. The van der Waals surface area contributed by atoms with Gasteiger partial charge in [0.2, 0.25) is 10.0 Å². The highest BCUT2D eigenvalue weighted by molar-refractivity contribution is 7.89. The van der Waals surface area contributed by atoms with E-state index in [2.05, 4.69) is 15.0 Å². The summed E-state index contributed by atoms with van der Waals surface area (Å²) in [6.07, 6.45) is 1.67. The zero-order valence-electron chi connectivity index (χ0n) is 12.3. The molecule has 5 nitrogen and oxygen atoms in total. The summed E-state index contributed by atoms with van der Waals surface area (Å²) in [4.78, 5) is 5.17. The second-order valence-corrected chi connectivity index (χ2v) is 7.56. The van der Waals surface area contributed by atoms with Gasteiger partial charge in [0, 0.05) is 24.2 Å². The summed E-state index contributed by atoms with van der Waals surface area (Å²) in [6, 6.07) is 3.74. The van der Waals surface area contributed by atoms with Gasteiger partial charge in [-0.2, -0.15) is 0 Å². The Bertz CT molecular complexity index is 710. The fraction of sp³-hybridized carbons (Fsp3) is 0.357. The van der Waals surface area contributed by atoms with E-state index in [0.717, 1.165) is 21.6 Å². The second kappa shape index (κ2) is 6.65. The molecule has 0 spiro atoms. The molecule has 0 aliphatic heterocycles. The minimum atomic E-state index is -3.53. The van der Waals surface area contributed by atoms with Gasteiger partial charge in [-0.25, -0.2) is 13.1 Å². The molecule has 2 aromatic rings. The molecule has 0 amide bonds. The number of sulfonamides is 1. The van der Waals surface area contributed by atoms with Crippen LogP contribution in [0.2, 0.25) is 0 Å². The molecule has 0 saturated heterocycles. The predicted octanol–water partition coefficient (Wildman–Crippen LogP) is 1.96. The Morgan fingerprint density at radius 3 is 2.62 bits per heavy atom. The Kier molecular flexibility index (Phi) is 5.10. The number of aryl methyl sites for hydroxylation is 1. The predicted molar refractivity (Wildman–Crippen MR) is 84.8 cm³/mol. The zero-order chi connectivity index (χ0) is 15.5. The Hall–Kier alpha value is -1.28. The Labute approximate surface area is 129 Å². The van der Waals surface area contributed by atoms with Gasteiger partial charge in [-0.05, 0) is 43.7 Å². The van der Waals surface area contributed by atoms with Crippen LogP contribution in [0, 0.1) is 13.8 Å². The lowest BCUT2D eigenvalue weighted by Crippen LogP contribution is -2.24. The summed E-state index contributed by atoms with van der Waals surface area (Å²) in [6.45, 7) is 4.66. The maximum Gasteiger partial charge on any atom is 0.241 e. The minimum Gasteiger partial charge on any atom is -0.316 e. The van der Waals surface area contributed by atoms with E-state index in [9.17, 15) is 8.42 Å². The van der Waals surface area contributed by atoms with Crippen LogP contribution in [0.25, 0.3) is 0 Å². The van der Waals surface area contributed by atoms with E-state index < -0.39 is 10.0 Å². The van der Waals surface area contributed by atoms with Gasteiger partial charge in [0.05, 0.1) is 10.4 Å². The van der Waals surface area contributed by atoms with E-state index in [0.29, 0.717) is 11.4 Å². The first kappa shape index (κ1) is 16.1. The molecule has 0 bridgehead atoms. The highest BCUT2D eigenvalue weighted by Crippen LogP contribution is 2.21. The molecule has 1 aromatic carbocycles. The molecule has 0 radical (unpaired) electrons. The van der Waals surface area contributed by atoms with Gasteiger partial charge < -0.3 is 5.32 Å². The molecule has 7 heteroatoms. The molecule has 2 N–H and O–H groups in total. The number of hydrogen-bond acceptors (Lipinski definition) is 5. The van der Waals surface area contributed by atoms with Crippen LogP contribution in [-0.2, 0) is 23.1 Å². The third kappa shape index (κ3) is 3.88. The van der Waals surface area contributed by atoms with Crippen LogP contribution in [-0.4, -0.2) is 20.4 Å². The van der Waals surface area contributed by atoms with Crippen molar-refractivity contribution in [3.8, 4) is 0 Å². The molecule has 1 heterocycles. The normalized spacial score (nSPS) is 11.8. The van der Waals surface area contributed by atoms with Crippen molar-refractivity contribution in [3.05, 3.63) is 45.4 Å². The zero-order valence-corrected chi connectivity index (χ0v) is 13.9. The van der Waals surface area contributed by atoms with Gasteiger partial charge in [-0.1, -0.05) is 6.07 Å². The Balaban J connectivity index is 2.30. The highest BCUT2D eigenvalue weighted by atomic mass is 32.2. The molecule has 0 aliphatic carbocycles. The lowest BCUT2D eigenvalue weighted by atomic mass is 10.1. The summed E-state index contributed by atoms with van der Waals surface area (Å²) in [5.74, 6) is 0. The van der Waals surface area contributed by atoms with Crippen molar-refractivity contribution in [2.45, 2.75) is 31.8 Å². The molecule has 0 saturated carbocycles. The lowest BCUT2D eigenvalue weighted by molar-refractivity contribution is 0.580. The van der Waals surface area contributed by atoms with Crippen molar-refractivity contribution in [1.29, 1.82) is 0 Å². The Morgan fingerprint density at radius 2 is 2.00 bits per heavy atom. The highest BCUT2D eigenvalue weighted by Gasteiger charge is 2.19. The fourth-order valence-electron chi connectivity index (χ4n) is 2.06. The van der Waals surface area contributed by atoms with Gasteiger partial charge in [-0.15, -0.1) is 11.3 Å². The standard InChI is InChI=1S/C14H19N3O2S2/c1-10-4-12(6-15-3)5-14(11(10)2)21(18,19)17-8-13-7-16-9-20-13/h4-5,7,9,15,17H,6,8H2,1-3H3. The van der Waals surface area contributed by atoms with Crippen LogP contribution in [0.4, 0.5) is 0 Å². The van der Waals surface area contributed by atoms with Crippen molar-refractivity contribution in [2.75, 3.05) is 7.05 Å². The smallest absolute Gasteiger partial charge is 0.241 e. The number of hydrogen-bond donors (Lipinski definition) is 2. The first-order valence-corrected chi connectivity index (χ1v) is 8.92.